The third-order valence-corrected chi connectivity index (χ3v) is 7.90. The van der Waals surface area contributed by atoms with Gasteiger partial charge in [0.2, 0.25) is 5.91 Å². The second-order valence-electron chi connectivity index (χ2n) is 10.6. The molecule has 3 aromatic carbocycles. The summed E-state index contributed by atoms with van der Waals surface area (Å²) in [4.78, 5) is 19.9. The molecule has 2 atom stereocenters. The number of hydrogen-bond donors (Lipinski definition) is 0. The van der Waals surface area contributed by atoms with Crippen molar-refractivity contribution >= 4 is 16.9 Å². The fourth-order valence-electron chi connectivity index (χ4n) is 5.38. The van der Waals surface area contributed by atoms with E-state index >= 15 is 0 Å². The molecule has 1 aliphatic rings. The number of rotatable bonds is 12. The van der Waals surface area contributed by atoms with Gasteiger partial charge in [-0.25, -0.2) is 4.98 Å². The Labute approximate surface area is 231 Å². The average molecular weight is 526 g/mol. The topological polar surface area (TPSA) is 56.6 Å². The monoisotopic (exact) mass is 525 g/mol. The van der Waals surface area contributed by atoms with Gasteiger partial charge in [0.1, 0.15) is 17.3 Å². The van der Waals surface area contributed by atoms with Crippen LogP contribution in [0.15, 0.2) is 72.8 Å². The van der Waals surface area contributed by atoms with Crippen LogP contribution in [0.1, 0.15) is 68.3 Å². The van der Waals surface area contributed by atoms with Crippen molar-refractivity contribution in [2.24, 2.45) is 0 Å². The molecule has 5 rings (SSSR count). The number of amides is 1. The van der Waals surface area contributed by atoms with Crippen LogP contribution in [0.4, 0.5) is 0 Å². The number of aromatic nitrogens is 2. The Hall–Kier alpha value is -3.80. The first-order chi connectivity index (χ1) is 19.1. The van der Waals surface area contributed by atoms with E-state index in [9.17, 15) is 4.79 Å². The number of hydrogen-bond acceptors (Lipinski definition) is 4. The first kappa shape index (κ1) is 26.8. The van der Waals surface area contributed by atoms with Gasteiger partial charge in [0.25, 0.3) is 0 Å². The summed E-state index contributed by atoms with van der Waals surface area (Å²) in [6.45, 7) is 7.30. The largest absolute Gasteiger partial charge is 0.497 e. The van der Waals surface area contributed by atoms with Gasteiger partial charge in [-0.05, 0) is 72.7 Å². The van der Waals surface area contributed by atoms with Crippen LogP contribution in [0.25, 0.3) is 11.0 Å². The Morgan fingerprint density at radius 3 is 2.46 bits per heavy atom. The first-order valence-electron chi connectivity index (χ1n) is 14.1. The number of para-hydroxylation sites is 2. The Bertz CT molecular complexity index is 1380. The van der Waals surface area contributed by atoms with Crippen LogP contribution in [-0.4, -0.2) is 40.6 Å². The number of benzene rings is 3. The summed E-state index contributed by atoms with van der Waals surface area (Å²) in [6, 6.07) is 24.7. The van der Waals surface area contributed by atoms with Crippen LogP contribution in [0.3, 0.4) is 0 Å². The third kappa shape index (κ3) is 6.27. The molecule has 0 saturated carbocycles. The molecule has 1 amide bonds. The van der Waals surface area contributed by atoms with Crippen LogP contribution in [-0.2, 0) is 17.9 Å². The Morgan fingerprint density at radius 2 is 1.72 bits per heavy atom. The highest BCUT2D eigenvalue weighted by molar-refractivity contribution is 5.81. The van der Waals surface area contributed by atoms with Crippen molar-refractivity contribution in [1.82, 2.24) is 14.5 Å². The number of likely N-dealkylation sites (tertiary alicyclic amines) is 1. The van der Waals surface area contributed by atoms with Crippen molar-refractivity contribution in [3.05, 3.63) is 89.7 Å². The van der Waals surface area contributed by atoms with Crippen molar-refractivity contribution in [3.8, 4) is 11.5 Å². The van der Waals surface area contributed by atoms with Crippen molar-refractivity contribution in [2.45, 2.75) is 64.5 Å². The summed E-state index contributed by atoms with van der Waals surface area (Å²) in [6.07, 6.45) is 3.57. The van der Waals surface area contributed by atoms with Crippen LogP contribution in [0.5, 0.6) is 11.5 Å². The molecule has 1 aromatic heterocycles. The second-order valence-corrected chi connectivity index (χ2v) is 10.6. The Morgan fingerprint density at radius 1 is 0.974 bits per heavy atom. The van der Waals surface area contributed by atoms with Gasteiger partial charge in [-0.1, -0.05) is 50.2 Å². The molecule has 0 bridgehead atoms. The number of imidazole rings is 1. The van der Waals surface area contributed by atoms with Gasteiger partial charge in [0.05, 0.1) is 24.8 Å². The fourth-order valence-corrected chi connectivity index (χ4v) is 5.38. The van der Waals surface area contributed by atoms with Gasteiger partial charge in [-0.3, -0.25) is 4.79 Å². The van der Waals surface area contributed by atoms with E-state index < -0.39 is 0 Å². The molecule has 2 heterocycles. The highest BCUT2D eigenvalue weighted by Gasteiger charge is 2.34. The predicted molar refractivity (Wildman–Crippen MR) is 155 cm³/mol. The number of methoxy groups -OCH3 is 1. The number of fused-ring (bicyclic) bond motifs is 1. The van der Waals surface area contributed by atoms with E-state index in [0.29, 0.717) is 32.0 Å². The Kier molecular flexibility index (Phi) is 8.50. The van der Waals surface area contributed by atoms with Crippen molar-refractivity contribution in [1.29, 1.82) is 0 Å². The van der Waals surface area contributed by atoms with Gasteiger partial charge in [0, 0.05) is 32.0 Å². The SMILES string of the molecule is CCC(C)c1ccc(OCCCCn2c(C3CC(=O)N(Cc4ccc(OC)cc4)C3)nc3ccccc32)cc1. The van der Waals surface area contributed by atoms with Crippen LogP contribution < -0.4 is 9.47 Å². The zero-order chi connectivity index (χ0) is 27.2. The molecular formula is C33H39N3O3. The number of carbonyl (C=O) groups is 1. The normalized spacial score (nSPS) is 16.1. The number of nitrogens with zero attached hydrogens (tertiary/aromatic N) is 3. The van der Waals surface area contributed by atoms with Crippen molar-refractivity contribution < 1.29 is 14.3 Å². The molecule has 0 N–H and O–H groups in total. The lowest BCUT2D eigenvalue weighted by Gasteiger charge is -2.18. The van der Waals surface area contributed by atoms with Crippen molar-refractivity contribution in [2.75, 3.05) is 20.3 Å². The Balaban J connectivity index is 1.21. The van der Waals surface area contributed by atoms with Crippen molar-refractivity contribution in [3.63, 3.8) is 0 Å². The molecule has 0 aliphatic carbocycles. The molecule has 1 aliphatic heterocycles. The average Bonchev–Trinajstić information content (AvgIpc) is 3.53. The molecule has 1 fully saturated rings. The lowest BCUT2D eigenvalue weighted by molar-refractivity contribution is -0.128. The molecule has 39 heavy (non-hydrogen) atoms. The number of carbonyl (C=O) groups excluding carboxylic acids is 1. The molecular weight excluding hydrogens is 486 g/mol. The van der Waals surface area contributed by atoms with Gasteiger partial charge in [0.15, 0.2) is 0 Å². The summed E-state index contributed by atoms with van der Waals surface area (Å²) >= 11 is 0. The van der Waals surface area contributed by atoms with E-state index in [-0.39, 0.29) is 11.8 Å². The quantitative estimate of drug-likeness (QED) is 0.188. The minimum absolute atomic E-state index is 0.0865. The second kappa shape index (κ2) is 12.4. The molecule has 4 aromatic rings. The molecule has 2 unspecified atom stereocenters. The molecule has 0 spiro atoms. The fraction of sp³-hybridized carbons (Fsp3) is 0.394. The molecule has 1 saturated heterocycles. The summed E-state index contributed by atoms with van der Waals surface area (Å²) in [7, 11) is 1.66. The van der Waals surface area contributed by atoms with Gasteiger partial charge >= 0.3 is 0 Å². The molecule has 0 radical (unpaired) electrons. The van der Waals surface area contributed by atoms with E-state index in [4.69, 9.17) is 14.5 Å². The van der Waals surface area contributed by atoms with E-state index in [1.54, 1.807) is 7.11 Å². The van der Waals surface area contributed by atoms with E-state index in [1.807, 2.05) is 35.2 Å². The predicted octanol–water partition coefficient (Wildman–Crippen LogP) is 6.93. The van der Waals surface area contributed by atoms with E-state index in [1.165, 1.54) is 5.56 Å². The highest BCUT2D eigenvalue weighted by atomic mass is 16.5. The minimum atomic E-state index is 0.0865. The number of ether oxygens (including phenoxy) is 2. The maximum atomic E-state index is 13.0. The third-order valence-electron chi connectivity index (χ3n) is 7.90. The van der Waals surface area contributed by atoms with Crippen LogP contribution in [0.2, 0.25) is 0 Å². The number of unbranched alkanes of at least 4 members (excludes halogenated alkanes) is 1. The zero-order valence-corrected chi connectivity index (χ0v) is 23.3. The molecule has 204 valence electrons. The summed E-state index contributed by atoms with van der Waals surface area (Å²) < 4.78 is 13.6. The highest BCUT2D eigenvalue weighted by Crippen LogP contribution is 2.32. The van der Waals surface area contributed by atoms with Gasteiger partial charge in [-0.2, -0.15) is 0 Å². The standard InChI is InChI=1S/C33H39N3O3/c1-4-24(2)26-13-17-29(18-14-26)39-20-8-7-19-36-31-10-6-5-9-30(31)34-33(36)27-21-32(37)35(23-27)22-25-11-15-28(38-3)16-12-25/h5-6,9-18,24,27H,4,7-8,19-23H2,1-3H3. The first-order valence-corrected chi connectivity index (χ1v) is 14.1. The molecule has 6 heteroatoms. The smallest absolute Gasteiger partial charge is 0.223 e. The molecule has 6 nitrogen and oxygen atoms in total. The van der Waals surface area contributed by atoms with Crippen LogP contribution in [0, 0.1) is 0 Å². The zero-order valence-electron chi connectivity index (χ0n) is 23.3. The van der Waals surface area contributed by atoms with Gasteiger partial charge < -0.3 is 18.9 Å². The van der Waals surface area contributed by atoms with E-state index in [0.717, 1.165) is 59.7 Å². The van der Waals surface area contributed by atoms with Crippen LogP contribution >= 0.6 is 0 Å². The summed E-state index contributed by atoms with van der Waals surface area (Å²) in [5, 5.41) is 0. The number of aryl methyl sites for hydroxylation is 1. The van der Waals surface area contributed by atoms with Gasteiger partial charge in [-0.15, -0.1) is 0 Å². The maximum Gasteiger partial charge on any atom is 0.223 e. The van der Waals surface area contributed by atoms with E-state index in [2.05, 4.69) is 60.9 Å². The maximum absolute atomic E-state index is 13.0. The summed E-state index contributed by atoms with van der Waals surface area (Å²) in [5.74, 6) is 3.61. The lowest BCUT2D eigenvalue weighted by Crippen LogP contribution is -2.24. The summed E-state index contributed by atoms with van der Waals surface area (Å²) in [5.41, 5.74) is 4.59. The lowest BCUT2D eigenvalue weighted by atomic mass is 9.99. The minimum Gasteiger partial charge on any atom is -0.497 e.